The molecule has 1 N–H and O–H groups in total. The van der Waals surface area contributed by atoms with E-state index in [1.54, 1.807) is 0 Å². The molecular formula is C15H18BrNO4. The van der Waals surface area contributed by atoms with Crippen molar-refractivity contribution in [3.63, 3.8) is 0 Å². The van der Waals surface area contributed by atoms with Crippen molar-refractivity contribution in [2.45, 2.75) is 31.7 Å². The van der Waals surface area contributed by atoms with Gasteiger partial charge in [0, 0.05) is 17.4 Å². The Morgan fingerprint density at radius 3 is 2.95 bits per heavy atom. The third-order valence-electron chi connectivity index (χ3n) is 3.46. The molecule has 1 amide bonds. The highest BCUT2D eigenvalue weighted by Crippen LogP contribution is 2.20. The van der Waals surface area contributed by atoms with Crippen molar-refractivity contribution >= 4 is 27.8 Å². The van der Waals surface area contributed by atoms with Crippen LogP contribution < -0.4 is 4.74 Å². The van der Waals surface area contributed by atoms with Gasteiger partial charge in [0.05, 0.1) is 6.61 Å². The van der Waals surface area contributed by atoms with Crippen LogP contribution >= 0.6 is 15.9 Å². The Morgan fingerprint density at radius 1 is 1.43 bits per heavy atom. The number of aliphatic carboxylic acids is 1. The fraction of sp³-hybridized carbons (Fsp3) is 0.467. The van der Waals surface area contributed by atoms with Crippen molar-refractivity contribution in [3.05, 3.63) is 28.7 Å². The van der Waals surface area contributed by atoms with Crippen molar-refractivity contribution in [2.75, 3.05) is 13.2 Å². The third-order valence-corrected chi connectivity index (χ3v) is 3.95. The number of likely N-dealkylation sites (tertiary alicyclic amines) is 1. The number of hydrogen-bond donors (Lipinski definition) is 1. The van der Waals surface area contributed by atoms with E-state index in [0.29, 0.717) is 32.4 Å². The first-order valence-electron chi connectivity index (χ1n) is 6.98. The maximum Gasteiger partial charge on any atom is 0.326 e. The number of nitrogens with zero attached hydrogens (tertiary/aromatic N) is 1. The molecule has 114 valence electrons. The van der Waals surface area contributed by atoms with E-state index in [4.69, 9.17) is 9.84 Å². The predicted molar refractivity (Wildman–Crippen MR) is 81.2 cm³/mol. The second kappa shape index (κ2) is 7.45. The highest BCUT2D eigenvalue weighted by Gasteiger charge is 2.33. The second-order valence-corrected chi connectivity index (χ2v) is 5.91. The molecule has 1 aliphatic rings. The van der Waals surface area contributed by atoms with Crippen molar-refractivity contribution in [1.29, 1.82) is 0 Å². The number of ether oxygens (including phenoxy) is 1. The van der Waals surface area contributed by atoms with Gasteiger partial charge >= 0.3 is 5.97 Å². The van der Waals surface area contributed by atoms with Gasteiger partial charge in [-0.15, -0.1) is 0 Å². The Hall–Kier alpha value is -1.56. The highest BCUT2D eigenvalue weighted by molar-refractivity contribution is 9.10. The number of hydrogen-bond acceptors (Lipinski definition) is 3. The Balaban J connectivity index is 1.73. The summed E-state index contributed by atoms with van der Waals surface area (Å²) in [5, 5.41) is 9.06. The molecule has 0 bridgehead atoms. The molecule has 0 unspecified atom stereocenters. The maximum absolute atomic E-state index is 12.0. The van der Waals surface area contributed by atoms with Crippen LogP contribution in [0, 0.1) is 0 Å². The van der Waals surface area contributed by atoms with Crippen LogP contribution in [0.15, 0.2) is 28.7 Å². The number of carbonyl (C=O) groups excluding carboxylic acids is 1. The van der Waals surface area contributed by atoms with Gasteiger partial charge < -0.3 is 14.7 Å². The van der Waals surface area contributed by atoms with E-state index >= 15 is 0 Å². The van der Waals surface area contributed by atoms with Crippen LogP contribution in [0.1, 0.15) is 25.7 Å². The summed E-state index contributed by atoms with van der Waals surface area (Å²) in [4.78, 5) is 24.5. The van der Waals surface area contributed by atoms with Crippen molar-refractivity contribution in [1.82, 2.24) is 4.90 Å². The number of carboxylic acids is 1. The van der Waals surface area contributed by atoms with Crippen LogP contribution in [-0.2, 0) is 9.59 Å². The van der Waals surface area contributed by atoms with Crippen LogP contribution in [0.2, 0.25) is 0 Å². The minimum absolute atomic E-state index is 0.0993. The molecule has 1 aromatic rings. The van der Waals surface area contributed by atoms with Crippen molar-refractivity contribution in [3.8, 4) is 5.75 Å². The summed E-state index contributed by atoms with van der Waals surface area (Å²) in [7, 11) is 0. The second-order valence-electron chi connectivity index (χ2n) is 4.99. The molecule has 1 atom stereocenters. The lowest BCUT2D eigenvalue weighted by Gasteiger charge is -2.21. The number of amides is 1. The topological polar surface area (TPSA) is 66.8 Å². The van der Waals surface area contributed by atoms with Gasteiger partial charge in [-0.2, -0.15) is 0 Å². The first-order chi connectivity index (χ1) is 10.1. The molecule has 6 heteroatoms. The lowest BCUT2D eigenvalue weighted by Crippen LogP contribution is -2.40. The largest absolute Gasteiger partial charge is 0.494 e. The van der Waals surface area contributed by atoms with Gasteiger partial charge in [-0.1, -0.05) is 22.0 Å². The molecule has 0 aliphatic carbocycles. The van der Waals surface area contributed by atoms with Gasteiger partial charge in [0.15, 0.2) is 0 Å². The number of halogens is 1. The Morgan fingerprint density at radius 2 is 2.24 bits per heavy atom. The van der Waals surface area contributed by atoms with Crippen molar-refractivity contribution < 1.29 is 19.4 Å². The molecule has 2 rings (SSSR count). The fourth-order valence-electron chi connectivity index (χ4n) is 2.44. The SMILES string of the molecule is O=C(O)[C@@H]1CCCN1C(=O)CCCOc1cccc(Br)c1. The van der Waals surface area contributed by atoms with Crippen LogP contribution in [0.4, 0.5) is 0 Å². The van der Waals surface area contributed by atoms with Gasteiger partial charge in [0.25, 0.3) is 0 Å². The quantitative estimate of drug-likeness (QED) is 0.796. The molecule has 1 saturated heterocycles. The van der Waals surface area contributed by atoms with E-state index in [1.807, 2.05) is 24.3 Å². The summed E-state index contributed by atoms with van der Waals surface area (Å²) in [5.41, 5.74) is 0. The molecule has 0 saturated carbocycles. The summed E-state index contributed by atoms with van der Waals surface area (Å²) >= 11 is 3.36. The van der Waals surface area contributed by atoms with E-state index < -0.39 is 12.0 Å². The minimum Gasteiger partial charge on any atom is -0.494 e. The maximum atomic E-state index is 12.0. The zero-order valence-corrected chi connectivity index (χ0v) is 13.2. The molecule has 1 aromatic carbocycles. The molecule has 0 radical (unpaired) electrons. The fourth-order valence-corrected chi connectivity index (χ4v) is 2.81. The molecule has 0 spiro atoms. The zero-order chi connectivity index (χ0) is 15.2. The molecular weight excluding hydrogens is 338 g/mol. The predicted octanol–water partition coefficient (Wildman–Crippen LogP) is 2.68. The summed E-state index contributed by atoms with van der Waals surface area (Å²) in [6.45, 7) is 0.982. The van der Waals surface area contributed by atoms with Crippen LogP contribution in [-0.4, -0.2) is 41.1 Å². The summed E-state index contributed by atoms with van der Waals surface area (Å²) in [5.74, 6) is -0.259. The monoisotopic (exact) mass is 355 g/mol. The number of carbonyl (C=O) groups is 2. The molecule has 1 heterocycles. The van der Waals surface area contributed by atoms with Crippen LogP contribution in [0.5, 0.6) is 5.75 Å². The summed E-state index contributed by atoms with van der Waals surface area (Å²) in [6, 6.07) is 6.86. The van der Waals surface area contributed by atoms with E-state index in [1.165, 1.54) is 4.90 Å². The minimum atomic E-state index is -0.911. The Labute approximate surface area is 132 Å². The zero-order valence-electron chi connectivity index (χ0n) is 11.6. The van der Waals surface area contributed by atoms with Crippen molar-refractivity contribution in [2.24, 2.45) is 0 Å². The number of carboxylic acid groups (broad SMARTS) is 1. The van der Waals surface area contributed by atoms with Gasteiger partial charge in [-0.05, 0) is 37.5 Å². The molecule has 5 nitrogen and oxygen atoms in total. The summed E-state index contributed by atoms with van der Waals surface area (Å²) < 4.78 is 6.50. The number of benzene rings is 1. The first kappa shape index (κ1) is 15.8. The molecule has 1 fully saturated rings. The lowest BCUT2D eigenvalue weighted by atomic mass is 10.2. The first-order valence-corrected chi connectivity index (χ1v) is 7.78. The van der Waals surface area contributed by atoms with E-state index in [0.717, 1.165) is 16.6 Å². The smallest absolute Gasteiger partial charge is 0.326 e. The highest BCUT2D eigenvalue weighted by atomic mass is 79.9. The Kier molecular flexibility index (Phi) is 5.61. The average Bonchev–Trinajstić information content (AvgIpc) is 2.93. The van der Waals surface area contributed by atoms with Gasteiger partial charge in [-0.3, -0.25) is 4.79 Å². The third kappa shape index (κ3) is 4.46. The summed E-state index contributed by atoms with van der Waals surface area (Å²) in [6.07, 6.45) is 2.21. The molecule has 0 aromatic heterocycles. The standard InChI is InChI=1S/C15H18BrNO4/c16-11-4-1-5-12(10-11)21-9-3-7-14(18)17-8-2-6-13(17)15(19)20/h1,4-5,10,13H,2-3,6-9H2,(H,19,20)/t13-/m0/s1. The Bertz CT molecular complexity index is 520. The van der Waals surface area contributed by atoms with Gasteiger partial charge in [-0.25, -0.2) is 4.79 Å². The normalized spacial score (nSPS) is 17.8. The van der Waals surface area contributed by atoms with Gasteiger partial charge in [0.2, 0.25) is 5.91 Å². The molecule has 21 heavy (non-hydrogen) atoms. The lowest BCUT2D eigenvalue weighted by molar-refractivity contribution is -0.148. The van der Waals surface area contributed by atoms with E-state index in [-0.39, 0.29) is 5.91 Å². The van der Waals surface area contributed by atoms with Gasteiger partial charge in [0.1, 0.15) is 11.8 Å². The van der Waals surface area contributed by atoms with Crippen LogP contribution in [0.3, 0.4) is 0 Å². The van der Waals surface area contributed by atoms with Crippen LogP contribution in [0.25, 0.3) is 0 Å². The number of rotatable bonds is 6. The van der Waals surface area contributed by atoms with E-state index in [2.05, 4.69) is 15.9 Å². The molecule has 1 aliphatic heterocycles. The average molecular weight is 356 g/mol. The van der Waals surface area contributed by atoms with E-state index in [9.17, 15) is 9.59 Å².